The van der Waals surface area contributed by atoms with E-state index in [1.807, 2.05) is 45.3 Å². The SMILES string of the molecule is C#Cc1ccc(NC(=O)c2cc(Cl)cc(OC)c2NC=O)cc1.Cc1ccc(C(=N)N(C)C)cc1. The minimum Gasteiger partial charge on any atom is -0.494 e. The molecular formula is C27H27ClN4O3. The summed E-state index contributed by atoms with van der Waals surface area (Å²) in [6.45, 7) is 2.04. The molecule has 0 saturated carbocycles. The molecule has 180 valence electrons. The molecule has 0 aliphatic heterocycles. The lowest BCUT2D eigenvalue weighted by molar-refractivity contribution is -0.105. The van der Waals surface area contributed by atoms with Gasteiger partial charge in [-0.15, -0.1) is 6.42 Å². The second-order valence-electron chi connectivity index (χ2n) is 7.58. The summed E-state index contributed by atoms with van der Waals surface area (Å²) in [5, 5.41) is 13.2. The molecule has 0 bridgehead atoms. The fourth-order valence-corrected chi connectivity index (χ4v) is 3.16. The summed E-state index contributed by atoms with van der Waals surface area (Å²) in [5.41, 5.74) is 3.88. The third kappa shape index (κ3) is 7.63. The van der Waals surface area contributed by atoms with Crippen LogP contribution < -0.4 is 15.4 Å². The van der Waals surface area contributed by atoms with Gasteiger partial charge in [0, 0.05) is 42.0 Å². The molecule has 8 heteroatoms. The predicted octanol–water partition coefficient (Wildman–Crippen LogP) is 5.03. The van der Waals surface area contributed by atoms with Crippen LogP contribution in [-0.2, 0) is 4.79 Å². The number of hydrogen-bond acceptors (Lipinski definition) is 4. The van der Waals surface area contributed by atoms with Crippen LogP contribution in [0.4, 0.5) is 11.4 Å². The first kappa shape index (κ1) is 27.0. The maximum Gasteiger partial charge on any atom is 0.257 e. The number of benzene rings is 3. The molecule has 0 aliphatic rings. The lowest BCUT2D eigenvalue weighted by Crippen LogP contribution is -2.21. The monoisotopic (exact) mass is 490 g/mol. The lowest BCUT2D eigenvalue weighted by atomic mass is 10.1. The second-order valence-corrected chi connectivity index (χ2v) is 8.01. The number of methoxy groups -OCH3 is 1. The van der Waals surface area contributed by atoms with Gasteiger partial charge in [-0.05, 0) is 37.3 Å². The van der Waals surface area contributed by atoms with E-state index in [0.717, 1.165) is 5.56 Å². The molecule has 0 radical (unpaired) electrons. The van der Waals surface area contributed by atoms with Crippen LogP contribution in [-0.4, -0.2) is 44.3 Å². The Morgan fingerprint density at radius 1 is 1.11 bits per heavy atom. The van der Waals surface area contributed by atoms with Crippen molar-refractivity contribution >= 4 is 41.1 Å². The summed E-state index contributed by atoms with van der Waals surface area (Å²) in [7, 11) is 5.17. The molecule has 0 fully saturated rings. The first-order valence-corrected chi connectivity index (χ1v) is 10.9. The van der Waals surface area contributed by atoms with E-state index in [9.17, 15) is 9.59 Å². The molecule has 3 rings (SSSR count). The molecule has 0 heterocycles. The number of carbonyl (C=O) groups excluding carboxylic acids is 2. The number of carbonyl (C=O) groups is 2. The van der Waals surface area contributed by atoms with E-state index in [2.05, 4.69) is 16.6 Å². The number of nitrogens with one attached hydrogen (secondary N) is 3. The highest BCUT2D eigenvalue weighted by Crippen LogP contribution is 2.32. The van der Waals surface area contributed by atoms with Crippen molar-refractivity contribution in [3.63, 3.8) is 0 Å². The fraction of sp³-hybridized carbons (Fsp3) is 0.148. The Labute approximate surface area is 210 Å². The van der Waals surface area contributed by atoms with E-state index in [1.165, 1.54) is 24.8 Å². The molecule has 7 nitrogen and oxygen atoms in total. The van der Waals surface area contributed by atoms with Crippen LogP contribution in [0.25, 0.3) is 0 Å². The van der Waals surface area contributed by atoms with Gasteiger partial charge in [0.15, 0.2) is 0 Å². The summed E-state index contributed by atoms with van der Waals surface area (Å²) in [6, 6.07) is 17.7. The molecule has 0 aromatic heterocycles. The largest absolute Gasteiger partial charge is 0.494 e. The van der Waals surface area contributed by atoms with E-state index < -0.39 is 5.91 Å². The number of amidine groups is 1. The summed E-state index contributed by atoms with van der Waals surface area (Å²) in [5.74, 6) is 2.89. The van der Waals surface area contributed by atoms with E-state index in [-0.39, 0.29) is 17.0 Å². The van der Waals surface area contributed by atoms with Crippen LogP contribution in [0.15, 0.2) is 60.7 Å². The van der Waals surface area contributed by atoms with Gasteiger partial charge in [0.05, 0.1) is 18.4 Å². The third-order valence-corrected chi connectivity index (χ3v) is 5.03. The zero-order chi connectivity index (χ0) is 26.0. The third-order valence-electron chi connectivity index (χ3n) is 4.82. The molecule has 0 saturated heterocycles. The number of rotatable bonds is 6. The smallest absolute Gasteiger partial charge is 0.257 e. The van der Waals surface area contributed by atoms with E-state index >= 15 is 0 Å². The van der Waals surface area contributed by atoms with Gasteiger partial charge in [-0.25, -0.2) is 0 Å². The van der Waals surface area contributed by atoms with Gasteiger partial charge < -0.3 is 20.3 Å². The number of terminal acetylenes is 1. The number of amides is 2. The van der Waals surface area contributed by atoms with Crippen molar-refractivity contribution in [3.8, 4) is 18.1 Å². The maximum atomic E-state index is 12.5. The molecule has 3 N–H and O–H groups in total. The van der Waals surface area contributed by atoms with Gasteiger partial charge in [0.2, 0.25) is 6.41 Å². The number of hydrogen-bond donors (Lipinski definition) is 3. The Balaban J connectivity index is 0.000000303. The van der Waals surface area contributed by atoms with Crippen LogP contribution >= 0.6 is 11.6 Å². The summed E-state index contributed by atoms with van der Waals surface area (Å²) in [4.78, 5) is 25.0. The normalized spacial score (nSPS) is 9.60. The van der Waals surface area contributed by atoms with Crippen molar-refractivity contribution in [1.82, 2.24) is 4.90 Å². The van der Waals surface area contributed by atoms with Crippen LogP contribution in [0, 0.1) is 24.7 Å². The van der Waals surface area contributed by atoms with E-state index in [1.54, 1.807) is 29.2 Å². The minimum absolute atomic E-state index is 0.183. The number of aryl methyl sites for hydroxylation is 1. The van der Waals surface area contributed by atoms with Crippen molar-refractivity contribution in [1.29, 1.82) is 5.41 Å². The Morgan fingerprint density at radius 3 is 2.26 bits per heavy atom. The Kier molecular flexibility index (Phi) is 9.88. The molecular weight excluding hydrogens is 464 g/mol. The zero-order valence-electron chi connectivity index (χ0n) is 20.0. The Morgan fingerprint density at radius 2 is 1.74 bits per heavy atom. The molecule has 0 aliphatic carbocycles. The van der Waals surface area contributed by atoms with Crippen molar-refractivity contribution in [2.24, 2.45) is 0 Å². The van der Waals surface area contributed by atoms with Gasteiger partial charge in [-0.3, -0.25) is 15.0 Å². The van der Waals surface area contributed by atoms with Crippen LogP contribution in [0.3, 0.4) is 0 Å². The fourth-order valence-electron chi connectivity index (χ4n) is 2.95. The predicted molar refractivity (Wildman–Crippen MR) is 142 cm³/mol. The molecule has 35 heavy (non-hydrogen) atoms. The summed E-state index contributed by atoms with van der Waals surface area (Å²) in [6.07, 6.45) is 5.75. The number of anilines is 2. The Bertz CT molecular complexity index is 1230. The van der Waals surface area contributed by atoms with Gasteiger partial charge in [0.25, 0.3) is 5.91 Å². The van der Waals surface area contributed by atoms with Gasteiger partial charge in [0.1, 0.15) is 11.6 Å². The van der Waals surface area contributed by atoms with Crippen molar-refractivity contribution < 1.29 is 14.3 Å². The highest BCUT2D eigenvalue weighted by atomic mass is 35.5. The average molecular weight is 491 g/mol. The lowest BCUT2D eigenvalue weighted by Gasteiger charge is -2.14. The van der Waals surface area contributed by atoms with E-state index in [0.29, 0.717) is 28.5 Å². The van der Waals surface area contributed by atoms with Gasteiger partial charge in [-0.2, -0.15) is 0 Å². The summed E-state index contributed by atoms with van der Waals surface area (Å²) >= 11 is 5.99. The molecule has 0 atom stereocenters. The van der Waals surface area contributed by atoms with E-state index in [4.69, 9.17) is 28.2 Å². The van der Waals surface area contributed by atoms with Crippen LogP contribution in [0.2, 0.25) is 5.02 Å². The number of ether oxygens (including phenoxy) is 1. The highest BCUT2D eigenvalue weighted by Gasteiger charge is 2.17. The summed E-state index contributed by atoms with van der Waals surface area (Å²) < 4.78 is 5.14. The minimum atomic E-state index is -0.441. The second kappa shape index (κ2) is 12.8. The first-order valence-electron chi connectivity index (χ1n) is 10.5. The molecule has 3 aromatic rings. The van der Waals surface area contributed by atoms with Crippen LogP contribution in [0.5, 0.6) is 5.75 Å². The quantitative estimate of drug-likeness (QED) is 0.195. The van der Waals surface area contributed by atoms with Crippen molar-refractivity contribution in [3.05, 3.63) is 87.9 Å². The van der Waals surface area contributed by atoms with Crippen molar-refractivity contribution in [2.45, 2.75) is 6.92 Å². The number of halogens is 1. The topological polar surface area (TPSA) is 94.5 Å². The highest BCUT2D eigenvalue weighted by molar-refractivity contribution is 6.31. The van der Waals surface area contributed by atoms with Crippen LogP contribution in [0.1, 0.15) is 27.0 Å². The maximum absolute atomic E-state index is 12.5. The Hall–Kier alpha value is -4.28. The van der Waals surface area contributed by atoms with Gasteiger partial charge in [-0.1, -0.05) is 47.4 Å². The van der Waals surface area contributed by atoms with Gasteiger partial charge >= 0.3 is 0 Å². The standard InChI is InChI=1S/C17H13ClN2O3.C10H14N2/c1-3-11-4-6-13(7-5-11)20-17(22)14-8-12(18)9-15(23-2)16(14)19-10-21;1-8-4-6-9(7-5-8)10(11)12(2)3/h1,4-10H,2H3,(H,19,21)(H,20,22);4-7,11H,1-3H3. The molecule has 3 aromatic carbocycles. The zero-order valence-corrected chi connectivity index (χ0v) is 20.7. The molecule has 0 spiro atoms. The average Bonchev–Trinajstić information content (AvgIpc) is 2.85. The molecule has 0 unspecified atom stereocenters. The first-order chi connectivity index (χ1) is 16.7. The van der Waals surface area contributed by atoms with Crippen molar-refractivity contribution in [2.75, 3.05) is 31.8 Å². The molecule has 2 amide bonds. The number of nitrogens with zero attached hydrogens (tertiary/aromatic N) is 1.